The standard InChI is InChI=1S/C21H22FN3O/c1-13-8-19(9-14(2)20(13)24-21-23-15(3)12-26-21)25-7-6-16-10-18(22)5-4-17(16)11-25/h4-5,8-10,12H,6-7,11H2,1-3H3,(H,23,24). The van der Waals surface area contributed by atoms with E-state index in [1.54, 1.807) is 18.4 Å². The molecule has 5 heteroatoms. The van der Waals surface area contributed by atoms with E-state index in [4.69, 9.17) is 4.42 Å². The topological polar surface area (TPSA) is 41.3 Å². The molecule has 0 unspecified atom stereocenters. The van der Waals surface area contributed by atoms with Crippen molar-refractivity contribution in [3.8, 4) is 0 Å². The third-order valence-corrected chi connectivity index (χ3v) is 4.91. The fourth-order valence-corrected chi connectivity index (χ4v) is 3.58. The third-order valence-electron chi connectivity index (χ3n) is 4.91. The van der Waals surface area contributed by atoms with Crippen molar-refractivity contribution in [1.82, 2.24) is 4.98 Å². The summed E-state index contributed by atoms with van der Waals surface area (Å²) < 4.78 is 18.8. The summed E-state index contributed by atoms with van der Waals surface area (Å²) in [5.41, 5.74) is 7.65. The highest BCUT2D eigenvalue weighted by molar-refractivity contribution is 5.68. The molecule has 0 spiro atoms. The van der Waals surface area contributed by atoms with Crippen LogP contribution in [-0.2, 0) is 13.0 Å². The van der Waals surface area contributed by atoms with Gasteiger partial charge in [-0.05, 0) is 73.7 Å². The van der Waals surface area contributed by atoms with E-state index in [0.29, 0.717) is 6.01 Å². The third kappa shape index (κ3) is 3.17. The minimum absolute atomic E-state index is 0.152. The summed E-state index contributed by atoms with van der Waals surface area (Å²) in [6.45, 7) is 7.77. The number of hydrogen-bond donors (Lipinski definition) is 1. The lowest BCUT2D eigenvalue weighted by atomic mass is 9.98. The number of fused-ring (bicyclic) bond motifs is 1. The van der Waals surface area contributed by atoms with Gasteiger partial charge in [-0.2, -0.15) is 4.98 Å². The van der Waals surface area contributed by atoms with Crippen molar-refractivity contribution in [3.05, 3.63) is 70.4 Å². The van der Waals surface area contributed by atoms with Crippen molar-refractivity contribution in [2.24, 2.45) is 0 Å². The van der Waals surface area contributed by atoms with E-state index in [9.17, 15) is 4.39 Å². The first kappa shape index (κ1) is 16.6. The molecule has 4 nitrogen and oxygen atoms in total. The van der Waals surface area contributed by atoms with Gasteiger partial charge in [0.1, 0.15) is 12.1 Å². The van der Waals surface area contributed by atoms with Crippen LogP contribution in [0.1, 0.15) is 27.9 Å². The van der Waals surface area contributed by atoms with Gasteiger partial charge in [0.2, 0.25) is 0 Å². The van der Waals surface area contributed by atoms with E-state index in [-0.39, 0.29) is 5.82 Å². The average Bonchev–Trinajstić information content (AvgIpc) is 3.02. The van der Waals surface area contributed by atoms with Crippen molar-refractivity contribution >= 4 is 17.4 Å². The first-order chi connectivity index (χ1) is 12.5. The van der Waals surface area contributed by atoms with E-state index in [0.717, 1.165) is 47.6 Å². The Hall–Kier alpha value is -2.82. The molecule has 134 valence electrons. The molecule has 0 aliphatic carbocycles. The molecule has 2 heterocycles. The van der Waals surface area contributed by atoms with Gasteiger partial charge in [-0.1, -0.05) is 6.07 Å². The fourth-order valence-electron chi connectivity index (χ4n) is 3.58. The van der Waals surface area contributed by atoms with E-state index >= 15 is 0 Å². The highest BCUT2D eigenvalue weighted by Gasteiger charge is 2.19. The maximum Gasteiger partial charge on any atom is 0.299 e. The summed E-state index contributed by atoms with van der Waals surface area (Å²) >= 11 is 0. The second-order valence-electron chi connectivity index (χ2n) is 6.96. The van der Waals surface area contributed by atoms with Crippen molar-refractivity contribution < 1.29 is 8.81 Å². The van der Waals surface area contributed by atoms with Crippen LogP contribution in [-0.4, -0.2) is 11.5 Å². The first-order valence-corrected chi connectivity index (χ1v) is 8.82. The number of nitrogens with zero attached hydrogens (tertiary/aromatic N) is 2. The largest absolute Gasteiger partial charge is 0.432 e. The molecule has 1 aromatic heterocycles. The predicted molar refractivity (Wildman–Crippen MR) is 102 cm³/mol. The second kappa shape index (κ2) is 6.48. The van der Waals surface area contributed by atoms with E-state index in [1.165, 1.54) is 11.3 Å². The number of nitrogens with one attached hydrogen (secondary N) is 1. The number of oxazole rings is 1. The number of hydrogen-bond acceptors (Lipinski definition) is 4. The van der Waals surface area contributed by atoms with Crippen LogP contribution in [0.2, 0.25) is 0 Å². The summed E-state index contributed by atoms with van der Waals surface area (Å²) in [7, 11) is 0. The van der Waals surface area contributed by atoms with Crippen LogP contribution in [0.4, 0.5) is 21.8 Å². The normalized spacial score (nSPS) is 13.6. The van der Waals surface area contributed by atoms with Crippen molar-refractivity contribution in [2.75, 3.05) is 16.8 Å². The number of anilines is 3. The fraction of sp³-hybridized carbons (Fsp3) is 0.286. The van der Waals surface area contributed by atoms with Crippen LogP contribution in [0.5, 0.6) is 0 Å². The van der Waals surface area contributed by atoms with Gasteiger partial charge in [0.05, 0.1) is 5.69 Å². The first-order valence-electron chi connectivity index (χ1n) is 8.82. The Morgan fingerprint density at radius 3 is 2.54 bits per heavy atom. The summed E-state index contributed by atoms with van der Waals surface area (Å²) in [5, 5.41) is 3.28. The van der Waals surface area contributed by atoms with Crippen molar-refractivity contribution in [1.29, 1.82) is 0 Å². The lowest BCUT2D eigenvalue weighted by molar-refractivity contribution is 0.576. The zero-order valence-electron chi connectivity index (χ0n) is 15.3. The lowest BCUT2D eigenvalue weighted by Gasteiger charge is -2.31. The zero-order valence-corrected chi connectivity index (χ0v) is 15.3. The minimum atomic E-state index is -0.152. The molecule has 1 N–H and O–H groups in total. The van der Waals surface area contributed by atoms with Crippen LogP contribution >= 0.6 is 0 Å². The molecule has 0 radical (unpaired) electrons. The lowest BCUT2D eigenvalue weighted by Crippen LogP contribution is -2.30. The predicted octanol–water partition coefficient (Wildman–Crippen LogP) is 5.05. The molecular formula is C21H22FN3O. The van der Waals surface area contributed by atoms with Crippen molar-refractivity contribution in [2.45, 2.75) is 33.7 Å². The molecule has 0 fully saturated rings. The molecular weight excluding hydrogens is 329 g/mol. The molecule has 0 atom stereocenters. The maximum atomic E-state index is 13.4. The molecule has 2 aromatic carbocycles. The van der Waals surface area contributed by atoms with Crippen LogP contribution < -0.4 is 10.2 Å². The maximum absolute atomic E-state index is 13.4. The van der Waals surface area contributed by atoms with Gasteiger partial charge in [0, 0.05) is 24.5 Å². The Balaban J connectivity index is 1.59. The number of halogens is 1. The summed E-state index contributed by atoms with van der Waals surface area (Å²) in [6.07, 6.45) is 2.50. The van der Waals surface area contributed by atoms with Crippen molar-refractivity contribution in [3.63, 3.8) is 0 Å². The van der Waals surface area contributed by atoms with Gasteiger partial charge in [0.15, 0.2) is 0 Å². The number of aryl methyl sites for hydroxylation is 3. The van der Waals surface area contributed by atoms with E-state index < -0.39 is 0 Å². The number of rotatable bonds is 3. The van der Waals surface area contributed by atoms with Gasteiger partial charge in [-0.15, -0.1) is 0 Å². The van der Waals surface area contributed by atoms with Gasteiger partial charge < -0.3 is 14.6 Å². The quantitative estimate of drug-likeness (QED) is 0.717. The minimum Gasteiger partial charge on any atom is -0.432 e. The van der Waals surface area contributed by atoms with Crippen LogP contribution in [0.3, 0.4) is 0 Å². The number of aromatic nitrogens is 1. The second-order valence-corrected chi connectivity index (χ2v) is 6.96. The van der Waals surface area contributed by atoms with Crippen LogP contribution in [0.25, 0.3) is 0 Å². The molecule has 0 amide bonds. The molecule has 1 aliphatic rings. The molecule has 26 heavy (non-hydrogen) atoms. The highest BCUT2D eigenvalue weighted by atomic mass is 19.1. The number of benzene rings is 2. The Bertz CT molecular complexity index is 941. The molecule has 0 saturated carbocycles. The summed E-state index contributed by atoms with van der Waals surface area (Å²) in [4.78, 5) is 6.66. The molecule has 0 bridgehead atoms. The molecule has 3 aromatic rings. The van der Waals surface area contributed by atoms with Crippen LogP contribution in [0.15, 0.2) is 41.0 Å². The summed E-state index contributed by atoms with van der Waals surface area (Å²) in [6, 6.07) is 9.98. The monoisotopic (exact) mass is 351 g/mol. The van der Waals surface area contributed by atoms with Gasteiger partial charge in [-0.3, -0.25) is 0 Å². The zero-order chi connectivity index (χ0) is 18.3. The SMILES string of the molecule is Cc1coc(Nc2c(C)cc(N3CCc4cc(F)ccc4C3)cc2C)n1. The Morgan fingerprint density at radius 2 is 1.85 bits per heavy atom. The molecule has 1 aliphatic heterocycles. The smallest absolute Gasteiger partial charge is 0.299 e. The average molecular weight is 351 g/mol. The molecule has 4 rings (SSSR count). The van der Waals surface area contributed by atoms with E-state index in [2.05, 4.69) is 41.2 Å². The Kier molecular flexibility index (Phi) is 4.15. The Labute approximate surface area is 152 Å². The molecule has 0 saturated heterocycles. The Morgan fingerprint density at radius 1 is 1.08 bits per heavy atom. The summed E-state index contributed by atoms with van der Waals surface area (Å²) in [5.74, 6) is -0.152. The van der Waals surface area contributed by atoms with Crippen LogP contribution in [0, 0.1) is 26.6 Å². The van der Waals surface area contributed by atoms with Gasteiger partial charge >= 0.3 is 0 Å². The van der Waals surface area contributed by atoms with Gasteiger partial charge in [0.25, 0.3) is 6.01 Å². The van der Waals surface area contributed by atoms with E-state index in [1.807, 2.05) is 13.0 Å². The van der Waals surface area contributed by atoms with Gasteiger partial charge in [-0.25, -0.2) is 4.39 Å². The highest BCUT2D eigenvalue weighted by Crippen LogP contribution is 2.32.